The van der Waals surface area contributed by atoms with Crippen LogP contribution in [0, 0.1) is 5.92 Å². The number of carboxylic acid groups (broad SMARTS) is 1. The highest BCUT2D eigenvalue weighted by Crippen LogP contribution is 2.13. The summed E-state index contributed by atoms with van der Waals surface area (Å²) in [6, 6.07) is 5.67. The number of rotatable bonds is 8. The summed E-state index contributed by atoms with van der Waals surface area (Å²) in [6.07, 6.45) is 3.90. The fourth-order valence-corrected chi connectivity index (χ4v) is 2.06. The monoisotopic (exact) mass is 306 g/mol. The molecule has 0 aromatic heterocycles. The molecular formula is C17H22O5. The van der Waals surface area contributed by atoms with E-state index in [1.54, 1.807) is 0 Å². The maximum atomic E-state index is 11.9. The van der Waals surface area contributed by atoms with Crippen LogP contribution >= 0.6 is 0 Å². The summed E-state index contributed by atoms with van der Waals surface area (Å²) in [5, 5.41) is 9.00. The van der Waals surface area contributed by atoms with Crippen molar-refractivity contribution >= 4 is 17.9 Å². The second-order valence-electron chi connectivity index (χ2n) is 5.61. The SMILES string of the molecule is CC(C)CCCCCC(=O)OC(=O)c1ccccc1C(=O)O. The second kappa shape index (κ2) is 8.97. The molecule has 1 N–H and O–H groups in total. The van der Waals surface area contributed by atoms with E-state index in [0.717, 1.165) is 19.3 Å². The first-order valence-corrected chi connectivity index (χ1v) is 7.49. The molecule has 0 aliphatic heterocycles. The van der Waals surface area contributed by atoms with Gasteiger partial charge in [0.05, 0.1) is 11.1 Å². The molecule has 0 saturated carbocycles. The first kappa shape index (κ1) is 17.9. The van der Waals surface area contributed by atoms with Crippen LogP contribution in [0.4, 0.5) is 0 Å². The van der Waals surface area contributed by atoms with Gasteiger partial charge in [-0.3, -0.25) is 4.79 Å². The van der Waals surface area contributed by atoms with Crippen molar-refractivity contribution in [1.29, 1.82) is 0 Å². The fraction of sp³-hybridized carbons (Fsp3) is 0.471. The lowest BCUT2D eigenvalue weighted by molar-refractivity contribution is -0.138. The molecule has 0 aliphatic rings. The van der Waals surface area contributed by atoms with Crippen molar-refractivity contribution in [1.82, 2.24) is 0 Å². The number of carbonyl (C=O) groups is 3. The molecule has 5 nitrogen and oxygen atoms in total. The zero-order valence-corrected chi connectivity index (χ0v) is 13.0. The van der Waals surface area contributed by atoms with E-state index in [2.05, 4.69) is 13.8 Å². The van der Waals surface area contributed by atoms with Crippen molar-refractivity contribution in [3.05, 3.63) is 35.4 Å². The molecule has 0 spiro atoms. The van der Waals surface area contributed by atoms with Gasteiger partial charge < -0.3 is 9.84 Å². The van der Waals surface area contributed by atoms with E-state index in [1.807, 2.05) is 0 Å². The van der Waals surface area contributed by atoms with Crippen LogP contribution in [0.25, 0.3) is 0 Å². The zero-order valence-electron chi connectivity index (χ0n) is 13.0. The van der Waals surface area contributed by atoms with Crippen LogP contribution in [0.1, 0.15) is 66.7 Å². The van der Waals surface area contributed by atoms with Crippen LogP contribution in [-0.4, -0.2) is 23.0 Å². The number of aromatic carboxylic acids is 1. The Labute approximate surface area is 130 Å². The average molecular weight is 306 g/mol. The topological polar surface area (TPSA) is 80.7 Å². The third-order valence-electron chi connectivity index (χ3n) is 3.25. The molecule has 1 aromatic rings. The molecule has 1 rings (SSSR count). The zero-order chi connectivity index (χ0) is 16.5. The molecule has 0 saturated heterocycles. The lowest BCUT2D eigenvalue weighted by Gasteiger charge is -2.06. The van der Waals surface area contributed by atoms with Gasteiger partial charge in [-0.15, -0.1) is 0 Å². The van der Waals surface area contributed by atoms with Crippen LogP contribution in [0.5, 0.6) is 0 Å². The Morgan fingerprint density at radius 2 is 1.68 bits per heavy atom. The number of carboxylic acids is 1. The van der Waals surface area contributed by atoms with E-state index in [-0.39, 0.29) is 17.5 Å². The third-order valence-corrected chi connectivity index (χ3v) is 3.25. The minimum absolute atomic E-state index is 0.108. The Hall–Kier alpha value is -2.17. The first-order chi connectivity index (χ1) is 10.4. The summed E-state index contributed by atoms with van der Waals surface area (Å²) in [5.74, 6) is -2.12. The van der Waals surface area contributed by atoms with Gasteiger partial charge in [-0.1, -0.05) is 45.2 Å². The predicted molar refractivity (Wildman–Crippen MR) is 81.7 cm³/mol. The van der Waals surface area contributed by atoms with Crippen molar-refractivity contribution in [3.8, 4) is 0 Å². The minimum Gasteiger partial charge on any atom is -0.478 e. The molecule has 0 fully saturated rings. The second-order valence-corrected chi connectivity index (χ2v) is 5.61. The molecule has 22 heavy (non-hydrogen) atoms. The molecule has 0 radical (unpaired) electrons. The van der Waals surface area contributed by atoms with Gasteiger partial charge in [0.1, 0.15) is 0 Å². The summed E-state index contributed by atoms with van der Waals surface area (Å²) >= 11 is 0. The number of benzene rings is 1. The summed E-state index contributed by atoms with van der Waals surface area (Å²) < 4.78 is 4.71. The number of unbranched alkanes of at least 4 members (excludes halogenated alkanes) is 2. The van der Waals surface area contributed by atoms with Crippen molar-refractivity contribution in [2.45, 2.75) is 46.0 Å². The Morgan fingerprint density at radius 3 is 2.27 bits per heavy atom. The largest absolute Gasteiger partial charge is 0.478 e. The molecule has 1 aromatic carbocycles. The van der Waals surface area contributed by atoms with E-state index in [1.165, 1.54) is 24.3 Å². The summed E-state index contributed by atoms with van der Waals surface area (Å²) in [5.41, 5.74) is -0.277. The lowest BCUT2D eigenvalue weighted by Crippen LogP contribution is -2.15. The highest BCUT2D eigenvalue weighted by atomic mass is 16.6. The Bertz CT molecular complexity index is 534. The van der Waals surface area contributed by atoms with E-state index in [4.69, 9.17) is 9.84 Å². The smallest absolute Gasteiger partial charge is 0.346 e. The summed E-state index contributed by atoms with van der Waals surface area (Å²) in [6.45, 7) is 4.29. The molecule has 120 valence electrons. The maximum Gasteiger partial charge on any atom is 0.346 e. The highest BCUT2D eigenvalue weighted by Gasteiger charge is 2.19. The van der Waals surface area contributed by atoms with E-state index in [9.17, 15) is 14.4 Å². The number of esters is 2. The van der Waals surface area contributed by atoms with E-state index < -0.39 is 17.9 Å². The molecule has 0 heterocycles. The molecule has 0 amide bonds. The third kappa shape index (κ3) is 6.08. The Morgan fingerprint density at radius 1 is 1.05 bits per heavy atom. The van der Waals surface area contributed by atoms with Gasteiger partial charge in [-0.05, 0) is 24.5 Å². The Balaban J connectivity index is 2.45. The number of carbonyl (C=O) groups excluding carboxylic acids is 2. The lowest BCUT2D eigenvalue weighted by atomic mass is 10.0. The summed E-state index contributed by atoms with van der Waals surface area (Å²) in [7, 11) is 0. The van der Waals surface area contributed by atoms with Crippen molar-refractivity contribution < 1.29 is 24.2 Å². The normalized spacial score (nSPS) is 10.5. The van der Waals surface area contributed by atoms with E-state index >= 15 is 0 Å². The van der Waals surface area contributed by atoms with Gasteiger partial charge in [0.25, 0.3) is 0 Å². The van der Waals surface area contributed by atoms with Crippen LogP contribution < -0.4 is 0 Å². The van der Waals surface area contributed by atoms with Crippen molar-refractivity contribution in [3.63, 3.8) is 0 Å². The molecule has 0 unspecified atom stereocenters. The molecule has 0 atom stereocenters. The van der Waals surface area contributed by atoms with Crippen molar-refractivity contribution in [2.24, 2.45) is 5.92 Å². The highest BCUT2D eigenvalue weighted by molar-refractivity contribution is 6.05. The standard InChI is InChI=1S/C17H22O5/c1-12(2)8-4-3-5-11-15(18)22-17(21)14-10-7-6-9-13(14)16(19)20/h6-7,9-10,12H,3-5,8,11H2,1-2H3,(H,19,20). The quantitative estimate of drug-likeness (QED) is 0.450. The molecule has 5 heteroatoms. The van der Waals surface area contributed by atoms with Crippen molar-refractivity contribution in [2.75, 3.05) is 0 Å². The fourth-order valence-electron chi connectivity index (χ4n) is 2.06. The van der Waals surface area contributed by atoms with Crippen LogP contribution in [0.2, 0.25) is 0 Å². The van der Waals surface area contributed by atoms with E-state index in [0.29, 0.717) is 12.3 Å². The average Bonchev–Trinajstić information content (AvgIpc) is 2.46. The van der Waals surface area contributed by atoms with Crippen LogP contribution in [0.3, 0.4) is 0 Å². The van der Waals surface area contributed by atoms with Gasteiger partial charge in [0.2, 0.25) is 0 Å². The first-order valence-electron chi connectivity index (χ1n) is 7.49. The predicted octanol–water partition coefficient (Wildman–Crippen LogP) is 3.67. The number of hydrogen-bond acceptors (Lipinski definition) is 4. The molecule has 0 aliphatic carbocycles. The van der Waals surface area contributed by atoms with Crippen LogP contribution in [-0.2, 0) is 9.53 Å². The minimum atomic E-state index is -1.23. The maximum absolute atomic E-state index is 11.9. The molecule has 0 bridgehead atoms. The summed E-state index contributed by atoms with van der Waals surface area (Å²) in [4.78, 5) is 34.5. The van der Waals surface area contributed by atoms with Gasteiger partial charge in [-0.25, -0.2) is 9.59 Å². The number of hydrogen-bond donors (Lipinski definition) is 1. The van der Waals surface area contributed by atoms with Crippen LogP contribution in [0.15, 0.2) is 24.3 Å². The van der Waals surface area contributed by atoms with Gasteiger partial charge >= 0.3 is 17.9 Å². The van der Waals surface area contributed by atoms with Gasteiger partial charge in [-0.2, -0.15) is 0 Å². The van der Waals surface area contributed by atoms with Gasteiger partial charge in [0, 0.05) is 6.42 Å². The molecular weight excluding hydrogens is 284 g/mol. The Kier molecular flexibility index (Phi) is 7.29. The number of ether oxygens (including phenoxy) is 1. The van der Waals surface area contributed by atoms with Gasteiger partial charge in [0.15, 0.2) is 0 Å².